The molecule has 0 atom stereocenters. The summed E-state index contributed by atoms with van der Waals surface area (Å²) in [5, 5.41) is 0. The van der Waals surface area contributed by atoms with E-state index < -0.39 is 11.8 Å². The number of hydrogen-bond acceptors (Lipinski definition) is 3. The van der Waals surface area contributed by atoms with E-state index in [0.717, 1.165) is 12.4 Å². The molecule has 0 fully saturated rings. The molecule has 0 aromatic heterocycles. The van der Waals surface area contributed by atoms with Crippen LogP contribution in [-0.4, -0.2) is 12.3 Å². The predicted molar refractivity (Wildman–Crippen MR) is 52.0 cm³/mol. The lowest BCUT2D eigenvalue weighted by Crippen LogP contribution is -2.07. The van der Waals surface area contributed by atoms with Crippen LogP contribution in [0, 0.1) is 5.82 Å². The van der Waals surface area contributed by atoms with E-state index >= 15 is 0 Å². The summed E-state index contributed by atoms with van der Waals surface area (Å²) in [6, 6.07) is 5.37. The number of carbonyl (C=O) groups excluding carboxylic acids is 2. The Balaban J connectivity index is 2.40. The van der Waals surface area contributed by atoms with E-state index in [1.807, 2.05) is 0 Å². The van der Waals surface area contributed by atoms with Crippen molar-refractivity contribution in [3.63, 3.8) is 0 Å². The second-order valence-electron chi connectivity index (χ2n) is 2.99. The van der Waals surface area contributed by atoms with E-state index in [1.165, 1.54) is 18.2 Å². The van der Waals surface area contributed by atoms with Gasteiger partial charge in [-0.2, -0.15) is 0 Å². The van der Waals surface area contributed by atoms with Crippen molar-refractivity contribution in [2.45, 2.75) is 19.3 Å². The number of hydrogen-bond donors (Lipinski definition) is 0. The summed E-state index contributed by atoms with van der Waals surface area (Å²) in [6.45, 7) is 0. The zero-order valence-electron chi connectivity index (χ0n) is 8.11. The van der Waals surface area contributed by atoms with Gasteiger partial charge < -0.3 is 9.53 Å². The minimum Gasteiger partial charge on any atom is -0.426 e. The molecule has 0 unspecified atom stereocenters. The minimum absolute atomic E-state index is 0.162. The molecule has 1 aromatic rings. The van der Waals surface area contributed by atoms with Gasteiger partial charge in [-0.15, -0.1) is 0 Å². The number of carbonyl (C=O) groups is 2. The van der Waals surface area contributed by atoms with E-state index in [-0.39, 0.29) is 12.2 Å². The zero-order valence-corrected chi connectivity index (χ0v) is 8.11. The molecule has 0 aliphatic rings. The third kappa shape index (κ3) is 4.35. The van der Waals surface area contributed by atoms with Crippen molar-refractivity contribution in [1.29, 1.82) is 0 Å². The number of ether oxygens (including phenoxy) is 1. The zero-order chi connectivity index (χ0) is 11.1. The predicted octanol–water partition coefficient (Wildman–Crippen LogP) is 2.10. The number of benzene rings is 1. The Bertz CT molecular complexity index is 349. The van der Waals surface area contributed by atoms with Gasteiger partial charge in [0.25, 0.3) is 0 Å². The Morgan fingerprint density at radius 2 is 2.27 bits per heavy atom. The van der Waals surface area contributed by atoms with Crippen LogP contribution < -0.4 is 4.74 Å². The molecule has 0 N–H and O–H groups in total. The van der Waals surface area contributed by atoms with Crippen molar-refractivity contribution >= 4 is 12.3 Å². The fourth-order valence-electron chi connectivity index (χ4n) is 1.04. The van der Waals surface area contributed by atoms with Crippen LogP contribution >= 0.6 is 0 Å². The molecule has 80 valence electrons. The van der Waals surface area contributed by atoms with E-state index in [0.29, 0.717) is 12.8 Å². The van der Waals surface area contributed by atoms with Gasteiger partial charge in [0.2, 0.25) is 0 Å². The normalized spacial score (nSPS) is 9.67. The molecule has 0 aliphatic carbocycles. The fraction of sp³-hybridized carbons (Fsp3) is 0.273. The lowest BCUT2D eigenvalue weighted by molar-refractivity contribution is -0.134. The van der Waals surface area contributed by atoms with Crippen LogP contribution in [0.3, 0.4) is 0 Å². The van der Waals surface area contributed by atoms with Crippen molar-refractivity contribution < 1.29 is 18.7 Å². The molecule has 3 nitrogen and oxygen atoms in total. The van der Waals surface area contributed by atoms with Gasteiger partial charge in [-0.25, -0.2) is 4.39 Å². The van der Waals surface area contributed by atoms with E-state index in [2.05, 4.69) is 0 Å². The molecule has 0 aliphatic heterocycles. The summed E-state index contributed by atoms with van der Waals surface area (Å²) in [7, 11) is 0. The molecule has 15 heavy (non-hydrogen) atoms. The largest absolute Gasteiger partial charge is 0.426 e. The summed E-state index contributed by atoms with van der Waals surface area (Å²) in [5.74, 6) is -0.721. The van der Waals surface area contributed by atoms with Crippen LogP contribution in [0.5, 0.6) is 5.75 Å². The smallest absolute Gasteiger partial charge is 0.311 e. The van der Waals surface area contributed by atoms with Gasteiger partial charge in [0.05, 0.1) is 0 Å². The molecule has 0 amide bonds. The highest BCUT2D eigenvalue weighted by atomic mass is 19.1. The van der Waals surface area contributed by atoms with Crippen molar-refractivity contribution in [3.8, 4) is 5.75 Å². The summed E-state index contributed by atoms with van der Waals surface area (Å²) >= 11 is 0. The first kappa shape index (κ1) is 11.4. The van der Waals surface area contributed by atoms with Gasteiger partial charge >= 0.3 is 5.97 Å². The molecule has 1 aromatic carbocycles. The maximum Gasteiger partial charge on any atom is 0.311 e. The van der Waals surface area contributed by atoms with Gasteiger partial charge in [0.1, 0.15) is 17.9 Å². The summed E-state index contributed by atoms with van der Waals surface area (Å²) in [6.07, 6.45) is 1.70. The van der Waals surface area contributed by atoms with Crippen LogP contribution in [0.25, 0.3) is 0 Å². The molecule has 0 heterocycles. The Morgan fingerprint density at radius 3 is 2.93 bits per heavy atom. The molecule has 0 saturated carbocycles. The van der Waals surface area contributed by atoms with E-state index in [4.69, 9.17) is 4.74 Å². The number of unbranched alkanes of at least 4 members (excludes halogenated alkanes) is 1. The highest BCUT2D eigenvalue weighted by molar-refractivity contribution is 5.72. The SMILES string of the molecule is O=CCCCC(=O)Oc1cccc(F)c1. The van der Waals surface area contributed by atoms with Crippen LogP contribution in [-0.2, 0) is 9.59 Å². The van der Waals surface area contributed by atoms with E-state index in [1.54, 1.807) is 0 Å². The lowest BCUT2D eigenvalue weighted by atomic mass is 10.2. The summed E-state index contributed by atoms with van der Waals surface area (Å²) < 4.78 is 17.5. The molecule has 1 rings (SSSR count). The maximum atomic E-state index is 12.7. The number of esters is 1. The third-order valence-corrected chi connectivity index (χ3v) is 1.73. The molecular weight excluding hydrogens is 199 g/mol. The Hall–Kier alpha value is -1.71. The van der Waals surface area contributed by atoms with Crippen molar-refractivity contribution in [2.24, 2.45) is 0 Å². The van der Waals surface area contributed by atoms with Crippen LogP contribution in [0.1, 0.15) is 19.3 Å². The Kier molecular flexibility index (Phi) is 4.47. The van der Waals surface area contributed by atoms with Gasteiger partial charge in [0, 0.05) is 18.9 Å². The Labute approximate surface area is 86.9 Å². The van der Waals surface area contributed by atoms with Gasteiger partial charge in [-0.3, -0.25) is 4.79 Å². The summed E-state index contributed by atoms with van der Waals surface area (Å²) in [5.41, 5.74) is 0. The van der Waals surface area contributed by atoms with Crippen molar-refractivity contribution in [3.05, 3.63) is 30.1 Å². The van der Waals surface area contributed by atoms with Crippen molar-refractivity contribution in [1.82, 2.24) is 0 Å². The first-order valence-electron chi connectivity index (χ1n) is 4.62. The van der Waals surface area contributed by atoms with E-state index in [9.17, 15) is 14.0 Å². The fourth-order valence-corrected chi connectivity index (χ4v) is 1.04. The third-order valence-electron chi connectivity index (χ3n) is 1.73. The van der Waals surface area contributed by atoms with Gasteiger partial charge in [-0.1, -0.05) is 6.07 Å². The number of halogens is 1. The summed E-state index contributed by atoms with van der Waals surface area (Å²) in [4.78, 5) is 21.1. The average molecular weight is 210 g/mol. The maximum absolute atomic E-state index is 12.7. The number of aldehydes is 1. The standard InChI is InChI=1S/C11H11FO3/c12-9-4-3-5-10(8-9)15-11(14)6-1-2-7-13/h3-5,7-8H,1-2,6H2. The first-order valence-corrected chi connectivity index (χ1v) is 4.62. The van der Waals surface area contributed by atoms with Gasteiger partial charge in [-0.05, 0) is 18.6 Å². The molecule has 4 heteroatoms. The quantitative estimate of drug-likeness (QED) is 0.323. The molecule has 0 spiro atoms. The molecule has 0 bridgehead atoms. The highest BCUT2D eigenvalue weighted by Gasteiger charge is 2.04. The monoisotopic (exact) mass is 210 g/mol. The second kappa shape index (κ2) is 5.90. The molecule has 0 radical (unpaired) electrons. The topological polar surface area (TPSA) is 43.4 Å². The highest BCUT2D eigenvalue weighted by Crippen LogP contribution is 2.12. The Morgan fingerprint density at radius 1 is 1.47 bits per heavy atom. The van der Waals surface area contributed by atoms with Gasteiger partial charge in [0.15, 0.2) is 0 Å². The van der Waals surface area contributed by atoms with Crippen LogP contribution in [0.2, 0.25) is 0 Å². The number of rotatable bonds is 5. The minimum atomic E-state index is -0.456. The molecular formula is C11H11FO3. The van der Waals surface area contributed by atoms with Crippen molar-refractivity contribution in [2.75, 3.05) is 0 Å². The lowest BCUT2D eigenvalue weighted by Gasteiger charge is -2.02. The first-order chi connectivity index (χ1) is 7.22. The average Bonchev–Trinajstić information content (AvgIpc) is 2.18. The molecule has 0 saturated heterocycles. The van der Waals surface area contributed by atoms with Crippen LogP contribution in [0.4, 0.5) is 4.39 Å². The second-order valence-corrected chi connectivity index (χ2v) is 2.99. The van der Waals surface area contributed by atoms with Crippen LogP contribution in [0.15, 0.2) is 24.3 Å².